The van der Waals surface area contributed by atoms with Gasteiger partial charge in [0.15, 0.2) is 11.6 Å². The molecule has 9 nitrogen and oxygen atoms in total. The van der Waals surface area contributed by atoms with Crippen LogP contribution in [0.3, 0.4) is 0 Å². The van der Waals surface area contributed by atoms with Gasteiger partial charge in [-0.05, 0) is 38.7 Å². The summed E-state index contributed by atoms with van der Waals surface area (Å²) in [6, 6.07) is 0. The molecule has 0 radical (unpaired) electrons. The number of carbonyl (C=O) groups excluding carboxylic acids is 3. The van der Waals surface area contributed by atoms with Crippen molar-refractivity contribution in [3.8, 4) is 0 Å². The molecule has 2 bridgehead atoms. The number of ether oxygens (including phenoxy) is 3. The number of carbonyl (C=O) groups is 3. The van der Waals surface area contributed by atoms with Crippen molar-refractivity contribution >= 4 is 17.7 Å². The molecule has 5 aliphatic rings. The molecule has 0 unspecified atom stereocenters. The maximum Gasteiger partial charge on any atom is 0.333 e. The average molecular weight is 477 g/mol. The summed E-state index contributed by atoms with van der Waals surface area (Å²) in [5, 5.41) is 34.3. The van der Waals surface area contributed by atoms with Gasteiger partial charge in [-0.3, -0.25) is 9.59 Å². The third-order valence-electron chi connectivity index (χ3n) is 9.56. The van der Waals surface area contributed by atoms with Crippen molar-refractivity contribution in [2.45, 2.75) is 71.2 Å². The van der Waals surface area contributed by atoms with Gasteiger partial charge in [0.25, 0.3) is 0 Å². The number of fused-ring (bicyclic) bond motifs is 1. The van der Waals surface area contributed by atoms with Gasteiger partial charge in [-0.15, -0.1) is 0 Å². The van der Waals surface area contributed by atoms with E-state index in [0.29, 0.717) is 11.1 Å². The standard InChI is InChI=1S/C25H32O9/c1-6-10(2)21(30)34-17-16-11(3)7-14(26)19(29)23(16,5)22-24-9-32-25(22,31)18(28)12(4)13(24)8-15(27)33-20(17)24/h6-7,12-13,16-20,22,28-29,31H,8-9H2,1-5H3/b10-6+/t12-,13+,16-,17-,18-,19-,20-,22-,23-,24-,25-/m1/s1. The van der Waals surface area contributed by atoms with Crippen molar-refractivity contribution in [2.75, 3.05) is 6.61 Å². The lowest BCUT2D eigenvalue weighted by molar-refractivity contribution is -0.344. The minimum absolute atomic E-state index is 0.0150. The Kier molecular flexibility index (Phi) is 5.03. The Labute approximate surface area is 197 Å². The molecule has 2 heterocycles. The first-order valence-corrected chi connectivity index (χ1v) is 11.8. The van der Waals surface area contributed by atoms with E-state index in [0.717, 1.165) is 0 Å². The Bertz CT molecular complexity index is 1030. The van der Waals surface area contributed by atoms with E-state index in [1.165, 1.54) is 6.08 Å². The summed E-state index contributed by atoms with van der Waals surface area (Å²) in [7, 11) is 0. The highest BCUT2D eigenvalue weighted by Crippen LogP contribution is 2.73. The van der Waals surface area contributed by atoms with E-state index in [4.69, 9.17) is 14.2 Å². The number of rotatable bonds is 2. The van der Waals surface area contributed by atoms with Crippen LogP contribution in [0.1, 0.15) is 41.0 Å². The molecule has 4 fully saturated rings. The van der Waals surface area contributed by atoms with Gasteiger partial charge in [0, 0.05) is 34.7 Å². The Morgan fingerprint density at radius 1 is 1.29 bits per heavy atom. The fourth-order valence-electron chi connectivity index (χ4n) is 8.12. The van der Waals surface area contributed by atoms with Gasteiger partial charge in [0.05, 0.1) is 6.61 Å². The minimum atomic E-state index is -2.07. The van der Waals surface area contributed by atoms with Crippen molar-refractivity contribution in [2.24, 2.45) is 34.5 Å². The Balaban J connectivity index is 1.79. The number of ketones is 1. The van der Waals surface area contributed by atoms with Crippen molar-refractivity contribution < 1.29 is 43.9 Å². The smallest absolute Gasteiger partial charge is 0.333 e. The number of esters is 2. The van der Waals surface area contributed by atoms with Gasteiger partial charge in [-0.2, -0.15) is 0 Å². The molecular formula is C25H32O9. The average Bonchev–Trinajstić information content (AvgIpc) is 3.08. The highest BCUT2D eigenvalue weighted by atomic mass is 16.7. The molecule has 0 aromatic heterocycles. The second-order valence-electron chi connectivity index (χ2n) is 11.0. The number of aliphatic hydroxyl groups is 3. The van der Waals surface area contributed by atoms with Gasteiger partial charge >= 0.3 is 11.9 Å². The maximum atomic E-state index is 13.0. The summed E-state index contributed by atoms with van der Waals surface area (Å²) < 4.78 is 17.8. The largest absolute Gasteiger partial charge is 0.458 e. The second kappa shape index (κ2) is 7.22. The normalized spacial score (nSPS) is 51.8. The summed E-state index contributed by atoms with van der Waals surface area (Å²) in [5.41, 5.74) is -1.53. The topological polar surface area (TPSA) is 140 Å². The molecular weight excluding hydrogens is 444 g/mol. The van der Waals surface area contributed by atoms with E-state index in [-0.39, 0.29) is 13.0 Å². The Morgan fingerprint density at radius 2 is 1.97 bits per heavy atom. The lowest BCUT2D eigenvalue weighted by Crippen LogP contribution is -2.79. The SMILES string of the molecule is C/C=C(\C)C(=O)O[C@@H]1[C@H]2C(C)=CC(=O)[C@@H](O)[C@]2(C)[C@H]2[C@]3(O)OC[C@@]24[C@@H]1OC(=O)C[C@H]4[C@@H](C)[C@H]3O. The predicted molar refractivity (Wildman–Crippen MR) is 116 cm³/mol. The van der Waals surface area contributed by atoms with Gasteiger partial charge in [0.1, 0.15) is 24.4 Å². The number of allylic oxidation sites excluding steroid dienone is 1. The van der Waals surface area contributed by atoms with E-state index < -0.39 is 82.4 Å². The zero-order chi connectivity index (χ0) is 25.0. The Hall–Kier alpha value is -2.07. The zero-order valence-electron chi connectivity index (χ0n) is 20.0. The lowest BCUT2D eigenvalue weighted by atomic mass is 9.37. The molecule has 9 heteroatoms. The van der Waals surface area contributed by atoms with Crippen LogP contribution in [0.2, 0.25) is 0 Å². The number of hydrogen-bond donors (Lipinski definition) is 3. The van der Waals surface area contributed by atoms with Gasteiger partial charge < -0.3 is 29.5 Å². The third-order valence-corrected chi connectivity index (χ3v) is 9.56. The van der Waals surface area contributed by atoms with Gasteiger partial charge in [0.2, 0.25) is 0 Å². The van der Waals surface area contributed by atoms with Crippen molar-refractivity contribution in [3.05, 3.63) is 23.3 Å². The maximum absolute atomic E-state index is 13.0. The van der Waals surface area contributed by atoms with E-state index in [9.17, 15) is 29.7 Å². The first kappa shape index (κ1) is 23.7. The van der Waals surface area contributed by atoms with Crippen LogP contribution in [-0.2, 0) is 28.6 Å². The van der Waals surface area contributed by atoms with Crippen LogP contribution in [0.25, 0.3) is 0 Å². The highest BCUT2D eigenvalue weighted by molar-refractivity contribution is 5.96. The van der Waals surface area contributed by atoms with Crippen LogP contribution in [0.15, 0.2) is 23.3 Å². The second-order valence-corrected chi connectivity index (χ2v) is 11.0. The summed E-state index contributed by atoms with van der Waals surface area (Å²) in [5.74, 6) is -6.42. The quantitative estimate of drug-likeness (QED) is 0.387. The summed E-state index contributed by atoms with van der Waals surface area (Å²) in [4.78, 5) is 38.7. The fourth-order valence-corrected chi connectivity index (χ4v) is 8.12. The van der Waals surface area contributed by atoms with E-state index >= 15 is 0 Å². The molecule has 2 aliphatic heterocycles. The predicted octanol–water partition coefficient (Wildman–Crippen LogP) is 0.654. The molecule has 34 heavy (non-hydrogen) atoms. The van der Waals surface area contributed by atoms with Crippen LogP contribution in [0.4, 0.5) is 0 Å². The van der Waals surface area contributed by atoms with Crippen LogP contribution >= 0.6 is 0 Å². The molecule has 0 amide bonds. The fraction of sp³-hybridized carbons (Fsp3) is 0.720. The monoisotopic (exact) mass is 476 g/mol. The van der Waals surface area contributed by atoms with Crippen molar-refractivity contribution in [1.29, 1.82) is 0 Å². The molecule has 2 saturated heterocycles. The molecule has 0 aromatic rings. The summed E-state index contributed by atoms with van der Waals surface area (Å²) >= 11 is 0. The van der Waals surface area contributed by atoms with Crippen LogP contribution in [0, 0.1) is 34.5 Å². The van der Waals surface area contributed by atoms with Crippen molar-refractivity contribution in [3.63, 3.8) is 0 Å². The van der Waals surface area contributed by atoms with Crippen LogP contribution < -0.4 is 0 Å². The molecule has 11 atom stereocenters. The molecule has 186 valence electrons. The summed E-state index contributed by atoms with van der Waals surface area (Å²) in [6.45, 7) is 8.37. The van der Waals surface area contributed by atoms with E-state index in [1.54, 1.807) is 40.7 Å². The van der Waals surface area contributed by atoms with Gasteiger partial charge in [-0.1, -0.05) is 25.5 Å². The molecule has 3 aliphatic carbocycles. The third kappa shape index (κ3) is 2.56. The number of aliphatic hydroxyl groups excluding tert-OH is 2. The molecule has 2 saturated carbocycles. The molecule has 0 aromatic carbocycles. The number of hydrogen-bond acceptors (Lipinski definition) is 9. The van der Waals surface area contributed by atoms with Crippen LogP contribution in [-0.4, -0.2) is 69.9 Å². The molecule has 5 rings (SSSR count). The minimum Gasteiger partial charge on any atom is -0.458 e. The van der Waals surface area contributed by atoms with E-state index in [1.807, 2.05) is 0 Å². The first-order valence-electron chi connectivity index (χ1n) is 11.8. The summed E-state index contributed by atoms with van der Waals surface area (Å²) in [6.07, 6.45) is -1.99. The highest BCUT2D eigenvalue weighted by Gasteiger charge is 2.84. The Morgan fingerprint density at radius 3 is 2.62 bits per heavy atom. The van der Waals surface area contributed by atoms with E-state index in [2.05, 4.69) is 0 Å². The molecule has 3 N–H and O–H groups in total. The van der Waals surface area contributed by atoms with Crippen molar-refractivity contribution in [1.82, 2.24) is 0 Å². The lowest BCUT2D eigenvalue weighted by Gasteiger charge is -2.68. The van der Waals surface area contributed by atoms with Crippen LogP contribution in [0.5, 0.6) is 0 Å². The zero-order valence-corrected chi connectivity index (χ0v) is 20.0. The van der Waals surface area contributed by atoms with Gasteiger partial charge in [-0.25, -0.2) is 4.79 Å². The first-order chi connectivity index (χ1) is 15.8. The molecule has 1 spiro atoms.